The van der Waals surface area contributed by atoms with Crippen LogP contribution in [-0.4, -0.2) is 34.2 Å². The Morgan fingerprint density at radius 3 is 2.33 bits per heavy atom. The van der Waals surface area contributed by atoms with E-state index in [4.69, 9.17) is 0 Å². The number of aliphatic hydroxyl groups excluding tert-OH is 1. The normalized spacial score (nSPS) is 29.2. The first-order chi connectivity index (χ1) is 5.43. The van der Waals surface area contributed by atoms with Gasteiger partial charge in [0.1, 0.15) is 0 Å². The SMILES string of the molecule is CC(O)C1CCCN1C(C)(C)C. The van der Waals surface area contributed by atoms with Gasteiger partial charge in [0.25, 0.3) is 0 Å². The van der Waals surface area contributed by atoms with Crippen molar-refractivity contribution in [2.24, 2.45) is 0 Å². The van der Waals surface area contributed by atoms with Crippen molar-refractivity contribution in [3.8, 4) is 0 Å². The molecule has 0 aliphatic carbocycles. The minimum Gasteiger partial charge on any atom is -0.392 e. The van der Waals surface area contributed by atoms with E-state index in [1.54, 1.807) is 0 Å². The third-order valence-electron chi connectivity index (χ3n) is 2.72. The summed E-state index contributed by atoms with van der Waals surface area (Å²) in [5.74, 6) is 0. The molecule has 0 bridgehead atoms. The van der Waals surface area contributed by atoms with Crippen LogP contribution >= 0.6 is 0 Å². The molecule has 0 aromatic carbocycles. The summed E-state index contributed by atoms with van der Waals surface area (Å²) in [7, 11) is 0. The average Bonchev–Trinajstić information content (AvgIpc) is 2.30. The molecule has 0 aromatic heterocycles. The summed E-state index contributed by atoms with van der Waals surface area (Å²) in [5, 5.41) is 9.54. The Morgan fingerprint density at radius 2 is 2.00 bits per heavy atom. The summed E-state index contributed by atoms with van der Waals surface area (Å²) >= 11 is 0. The number of nitrogens with zero attached hydrogens (tertiary/aromatic N) is 1. The van der Waals surface area contributed by atoms with Crippen molar-refractivity contribution in [2.75, 3.05) is 6.54 Å². The number of rotatable bonds is 1. The lowest BCUT2D eigenvalue weighted by atomic mass is 10.0. The van der Waals surface area contributed by atoms with Crippen LogP contribution in [0.25, 0.3) is 0 Å². The molecule has 1 heterocycles. The van der Waals surface area contributed by atoms with E-state index in [1.165, 1.54) is 6.42 Å². The molecule has 1 rings (SSSR count). The first kappa shape index (κ1) is 10.0. The van der Waals surface area contributed by atoms with E-state index in [1.807, 2.05) is 6.92 Å². The largest absolute Gasteiger partial charge is 0.392 e. The quantitative estimate of drug-likeness (QED) is 0.648. The van der Waals surface area contributed by atoms with E-state index >= 15 is 0 Å². The van der Waals surface area contributed by atoms with Crippen molar-refractivity contribution in [3.63, 3.8) is 0 Å². The molecule has 72 valence electrons. The fourth-order valence-corrected chi connectivity index (χ4v) is 2.13. The van der Waals surface area contributed by atoms with Crippen molar-refractivity contribution < 1.29 is 5.11 Å². The summed E-state index contributed by atoms with van der Waals surface area (Å²) in [4.78, 5) is 2.41. The second-order valence-electron chi connectivity index (χ2n) is 4.81. The van der Waals surface area contributed by atoms with Gasteiger partial charge in [-0.15, -0.1) is 0 Å². The molecule has 0 radical (unpaired) electrons. The van der Waals surface area contributed by atoms with Crippen LogP contribution in [0.15, 0.2) is 0 Å². The summed E-state index contributed by atoms with van der Waals surface area (Å²) in [6.07, 6.45) is 2.19. The molecule has 1 saturated heterocycles. The Morgan fingerprint density at radius 1 is 1.42 bits per heavy atom. The van der Waals surface area contributed by atoms with Gasteiger partial charge in [0.15, 0.2) is 0 Å². The molecule has 0 aromatic rings. The molecule has 0 spiro atoms. The van der Waals surface area contributed by atoms with E-state index < -0.39 is 0 Å². The van der Waals surface area contributed by atoms with Crippen molar-refractivity contribution in [3.05, 3.63) is 0 Å². The van der Waals surface area contributed by atoms with Crippen molar-refractivity contribution in [2.45, 2.75) is 58.2 Å². The highest BCUT2D eigenvalue weighted by molar-refractivity contribution is 4.90. The first-order valence-electron chi connectivity index (χ1n) is 4.88. The Bertz CT molecular complexity index is 148. The molecular weight excluding hydrogens is 150 g/mol. The first-order valence-corrected chi connectivity index (χ1v) is 4.88. The van der Waals surface area contributed by atoms with Crippen LogP contribution in [0.3, 0.4) is 0 Å². The molecule has 1 N–H and O–H groups in total. The van der Waals surface area contributed by atoms with Crippen LogP contribution in [0.4, 0.5) is 0 Å². The van der Waals surface area contributed by atoms with Gasteiger partial charge in [0.2, 0.25) is 0 Å². The Kier molecular flexibility index (Phi) is 2.79. The molecule has 1 aliphatic heterocycles. The maximum Gasteiger partial charge on any atom is 0.0667 e. The van der Waals surface area contributed by atoms with Gasteiger partial charge in [-0.05, 0) is 47.1 Å². The highest BCUT2D eigenvalue weighted by Crippen LogP contribution is 2.27. The zero-order valence-corrected chi connectivity index (χ0v) is 8.67. The average molecular weight is 171 g/mol. The lowest BCUT2D eigenvalue weighted by Gasteiger charge is -2.38. The second kappa shape index (κ2) is 3.35. The summed E-state index contributed by atoms with van der Waals surface area (Å²) in [6.45, 7) is 9.68. The van der Waals surface area contributed by atoms with Gasteiger partial charge >= 0.3 is 0 Å². The van der Waals surface area contributed by atoms with Crippen LogP contribution in [-0.2, 0) is 0 Å². The fourth-order valence-electron chi connectivity index (χ4n) is 2.13. The summed E-state index contributed by atoms with van der Waals surface area (Å²) in [5.41, 5.74) is 0.207. The number of hydrogen-bond donors (Lipinski definition) is 1. The molecule has 12 heavy (non-hydrogen) atoms. The number of aliphatic hydroxyl groups is 1. The monoisotopic (exact) mass is 171 g/mol. The molecule has 2 atom stereocenters. The minimum atomic E-state index is -0.188. The maximum absolute atomic E-state index is 9.54. The molecule has 2 heteroatoms. The molecule has 0 saturated carbocycles. The van der Waals surface area contributed by atoms with Crippen LogP contribution < -0.4 is 0 Å². The van der Waals surface area contributed by atoms with E-state index in [9.17, 15) is 5.11 Å². The van der Waals surface area contributed by atoms with Crippen molar-refractivity contribution >= 4 is 0 Å². The van der Waals surface area contributed by atoms with E-state index in [0.717, 1.165) is 13.0 Å². The van der Waals surface area contributed by atoms with E-state index in [2.05, 4.69) is 25.7 Å². The van der Waals surface area contributed by atoms with Crippen LogP contribution in [0, 0.1) is 0 Å². The molecule has 1 fully saturated rings. The third kappa shape index (κ3) is 1.99. The predicted octanol–water partition coefficient (Wildman–Crippen LogP) is 1.63. The standard InChI is InChI=1S/C10H21NO/c1-8(12)9-6-5-7-11(9)10(2,3)4/h8-9,12H,5-7H2,1-4H3. The Balaban J connectivity index is 2.64. The molecular formula is C10H21NO. The zero-order chi connectivity index (χ0) is 9.35. The summed E-state index contributed by atoms with van der Waals surface area (Å²) in [6, 6.07) is 0.380. The highest BCUT2D eigenvalue weighted by Gasteiger charge is 2.34. The maximum atomic E-state index is 9.54. The lowest BCUT2D eigenvalue weighted by molar-refractivity contribution is 0.0353. The van der Waals surface area contributed by atoms with E-state index in [0.29, 0.717) is 6.04 Å². The molecule has 2 nitrogen and oxygen atoms in total. The van der Waals surface area contributed by atoms with Gasteiger partial charge < -0.3 is 5.11 Å². The second-order valence-corrected chi connectivity index (χ2v) is 4.81. The van der Waals surface area contributed by atoms with Crippen molar-refractivity contribution in [1.82, 2.24) is 4.90 Å². The topological polar surface area (TPSA) is 23.5 Å². The predicted molar refractivity (Wildman–Crippen MR) is 51.2 cm³/mol. The number of likely N-dealkylation sites (tertiary alicyclic amines) is 1. The third-order valence-corrected chi connectivity index (χ3v) is 2.72. The molecule has 1 aliphatic rings. The highest BCUT2D eigenvalue weighted by atomic mass is 16.3. The molecule has 2 unspecified atom stereocenters. The lowest BCUT2D eigenvalue weighted by Crippen LogP contribution is -2.48. The molecule has 0 amide bonds. The van der Waals surface area contributed by atoms with Gasteiger partial charge in [0.05, 0.1) is 6.10 Å². The van der Waals surface area contributed by atoms with Gasteiger partial charge in [-0.25, -0.2) is 0 Å². The Hall–Kier alpha value is -0.0800. The Labute approximate surface area is 75.6 Å². The zero-order valence-electron chi connectivity index (χ0n) is 8.67. The number of hydrogen-bond acceptors (Lipinski definition) is 2. The van der Waals surface area contributed by atoms with Crippen LogP contribution in [0.5, 0.6) is 0 Å². The van der Waals surface area contributed by atoms with Gasteiger partial charge in [0, 0.05) is 11.6 Å². The smallest absolute Gasteiger partial charge is 0.0667 e. The van der Waals surface area contributed by atoms with Gasteiger partial charge in [-0.3, -0.25) is 4.90 Å². The summed E-state index contributed by atoms with van der Waals surface area (Å²) < 4.78 is 0. The van der Waals surface area contributed by atoms with E-state index in [-0.39, 0.29) is 11.6 Å². The minimum absolute atomic E-state index is 0.188. The van der Waals surface area contributed by atoms with Gasteiger partial charge in [-0.1, -0.05) is 0 Å². The fraction of sp³-hybridized carbons (Fsp3) is 1.00. The van der Waals surface area contributed by atoms with Crippen molar-refractivity contribution in [1.29, 1.82) is 0 Å². The van der Waals surface area contributed by atoms with Gasteiger partial charge in [-0.2, -0.15) is 0 Å². The van der Waals surface area contributed by atoms with Crippen LogP contribution in [0.2, 0.25) is 0 Å². The van der Waals surface area contributed by atoms with Crippen LogP contribution in [0.1, 0.15) is 40.5 Å².